The predicted octanol–water partition coefficient (Wildman–Crippen LogP) is 4.01. The standard InChI is InChI=1S/C18H15N5S.C5H11NO2.C2H6/c1-10-11(2)24-18-16(10)17(14-6-4-13(8-19)5-7-14)20-9-15-22-21-12(3)23(15)18;1-4(7)3-6-5(2)8;1-2/h4-7H,9H2,1-3H3;4,7H,3H2,1-2H3,(H,6,8);1-2H3. The first-order chi connectivity index (χ1) is 16.2. The van der Waals surface area contributed by atoms with E-state index in [0.29, 0.717) is 18.7 Å². The molecule has 8 nitrogen and oxygen atoms in total. The van der Waals surface area contributed by atoms with Crippen LogP contribution < -0.4 is 5.32 Å². The van der Waals surface area contributed by atoms with Gasteiger partial charge in [0.05, 0.1) is 23.4 Å². The SMILES string of the molecule is CC.CC(=O)NCC(C)O.Cc1sc2c(c1C)C(c1ccc(C#N)cc1)=NCc1nnc(C)n1-2. The molecule has 1 aromatic carbocycles. The number of aryl methyl sites for hydroxylation is 2. The van der Waals surface area contributed by atoms with Crippen LogP contribution in [0.25, 0.3) is 5.00 Å². The normalized spacial score (nSPS) is 12.3. The lowest BCUT2D eigenvalue weighted by Crippen LogP contribution is -2.28. The Balaban J connectivity index is 0.000000350. The number of nitrogens with one attached hydrogen (secondary N) is 1. The Bertz CT molecular complexity index is 1200. The summed E-state index contributed by atoms with van der Waals surface area (Å²) in [4.78, 5) is 16.2. The zero-order valence-corrected chi connectivity index (χ0v) is 21.6. The quantitative estimate of drug-likeness (QED) is 0.588. The van der Waals surface area contributed by atoms with E-state index in [0.717, 1.165) is 33.5 Å². The van der Waals surface area contributed by atoms with E-state index in [-0.39, 0.29) is 5.91 Å². The molecule has 1 aliphatic rings. The predicted molar refractivity (Wildman–Crippen MR) is 136 cm³/mol. The van der Waals surface area contributed by atoms with Gasteiger partial charge in [-0.3, -0.25) is 14.4 Å². The number of carbonyl (C=O) groups is 1. The number of hydrogen-bond acceptors (Lipinski definition) is 7. The second-order valence-electron chi connectivity index (χ2n) is 7.60. The molecule has 0 saturated carbocycles. The van der Waals surface area contributed by atoms with E-state index < -0.39 is 6.10 Å². The van der Waals surface area contributed by atoms with Crippen molar-refractivity contribution >= 4 is 23.0 Å². The van der Waals surface area contributed by atoms with Crippen molar-refractivity contribution < 1.29 is 9.90 Å². The number of aliphatic hydroxyl groups excluding tert-OH is 1. The molecule has 0 fully saturated rings. The minimum atomic E-state index is -0.445. The van der Waals surface area contributed by atoms with Crippen molar-refractivity contribution in [1.82, 2.24) is 20.1 Å². The summed E-state index contributed by atoms with van der Waals surface area (Å²) < 4.78 is 2.11. The Kier molecular flexibility index (Phi) is 9.66. The molecule has 1 amide bonds. The summed E-state index contributed by atoms with van der Waals surface area (Å²) in [6, 6.07) is 9.76. The van der Waals surface area contributed by atoms with Gasteiger partial charge in [0, 0.05) is 29.5 Å². The summed E-state index contributed by atoms with van der Waals surface area (Å²) in [5.41, 5.74) is 5.01. The highest BCUT2D eigenvalue weighted by atomic mass is 32.1. The number of amides is 1. The summed E-state index contributed by atoms with van der Waals surface area (Å²) in [6.07, 6.45) is -0.445. The van der Waals surface area contributed by atoms with Crippen molar-refractivity contribution in [3.63, 3.8) is 0 Å². The van der Waals surface area contributed by atoms with Gasteiger partial charge in [0.15, 0.2) is 5.82 Å². The fraction of sp³-hybridized carbons (Fsp3) is 0.400. The van der Waals surface area contributed by atoms with E-state index in [4.69, 9.17) is 15.4 Å². The number of nitriles is 1. The zero-order valence-electron chi connectivity index (χ0n) is 20.8. The Morgan fingerprint density at radius 2 is 1.88 bits per heavy atom. The van der Waals surface area contributed by atoms with E-state index >= 15 is 0 Å². The molecule has 1 aliphatic heterocycles. The first-order valence-electron chi connectivity index (χ1n) is 11.2. The maximum Gasteiger partial charge on any atom is 0.216 e. The molecule has 0 saturated heterocycles. The van der Waals surface area contributed by atoms with Gasteiger partial charge in [0.25, 0.3) is 0 Å². The Labute approximate surface area is 205 Å². The second kappa shape index (κ2) is 12.2. The topological polar surface area (TPSA) is 116 Å². The van der Waals surface area contributed by atoms with E-state index in [1.807, 2.05) is 45.0 Å². The largest absolute Gasteiger partial charge is 0.392 e. The van der Waals surface area contributed by atoms with Gasteiger partial charge in [-0.2, -0.15) is 5.26 Å². The monoisotopic (exact) mass is 480 g/mol. The van der Waals surface area contributed by atoms with Gasteiger partial charge in [-0.05, 0) is 45.4 Å². The minimum absolute atomic E-state index is 0.106. The van der Waals surface area contributed by atoms with Crippen molar-refractivity contribution in [1.29, 1.82) is 5.26 Å². The molecule has 180 valence electrons. The smallest absolute Gasteiger partial charge is 0.216 e. The molecule has 3 heterocycles. The fourth-order valence-corrected chi connectivity index (χ4v) is 4.50. The van der Waals surface area contributed by atoms with Crippen molar-refractivity contribution in [2.45, 2.75) is 61.1 Å². The number of aliphatic hydroxyl groups is 1. The van der Waals surface area contributed by atoms with Gasteiger partial charge in [-0.15, -0.1) is 21.5 Å². The van der Waals surface area contributed by atoms with Gasteiger partial charge >= 0.3 is 0 Å². The third-order valence-electron chi connectivity index (χ3n) is 5.01. The third kappa shape index (κ3) is 6.16. The van der Waals surface area contributed by atoms with E-state index in [2.05, 4.69) is 40.0 Å². The Hall–Kier alpha value is -3.35. The molecule has 2 N–H and O–H groups in total. The molecule has 2 aromatic heterocycles. The van der Waals surface area contributed by atoms with Crippen LogP contribution in [0, 0.1) is 32.1 Å². The van der Waals surface area contributed by atoms with E-state index in [1.165, 1.54) is 17.4 Å². The van der Waals surface area contributed by atoms with Gasteiger partial charge < -0.3 is 10.4 Å². The van der Waals surface area contributed by atoms with Crippen LogP contribution in [-0.2, 0) is 11.3 Å². The molecule has 0 aliphatic carbocycles. The number of fused-ring (bicyclic) bond motifs is 3. The number of carbonyl (C=O) groups excluding carboxylic acids is 1. The van der Waals surface area contributed by atoms with Gasteiger partial charge in [0.1, 0.15) is 17.4 Å². The average molecular weight is 481 g/mol. The van der Waals surface area contributed by atoms with E-state index in [1.54, 1.807) is 18.3 Å². The van der Waals surface area contributed by atoms with Crippen molar-refractivity contribution in [2.75, 3.05) is 6.54 Å². The molecule has 0 radical (unpaired) electrons. The minimum Gasteiger partial charge on any atom is -0.392 e. The average Bonchev–Trinajstić information content (AvgIpc) is 3.27. The van der Waals surface area contributed by atoms with Gasteiger partial charge in [-0.1, -0.05) is 26.0 Å². The highest BCUT2D eigenvalue weighted by molar-refractivity contribution is 7.15. The molecular weight excluding hydrogens is 448 g/mol. The third-order valence-corrected chi connectivity index (χ3v) is 6.20. The highest BCUT2D eigenvalue weighted by Gasteiger charge is 2.26. The number of aliphatic imine (C=N–C) groups is 1. The number of aromatic nitrogens is 3. The highest BCUT2D eigenvalue weighted by Crippen LogP contribution is 2.36. The first-order valence-corrected chi connectivity index (χ1v) is 12.0. The molecule has 1 unspecified atom stereocenters. The summed E-state index contributed by atoms with van der Waals surface area (Å²) in [7, 11) is 0. The van der Waals surface area contributed by atoms with Gasteiger partial charge in [-0.25, -0.2) is 0 Å². The number of rotatable bonds is 3. The molecule has 4 rings (SSSR count). The molecule has 0 bridgehead atoms. The Morgan fingerprint density at radius 1 is 1.24 bits per heavy atom. The summed E-state index contributed by atoms with van der Waals surface area (Å²) >= 11 is 1.75. The molecule has 0 spiro atoms. The lowest BCUT2D eigenvalue weighted by Gasteiger charge is -2.09. The molecule has 3 aromatic rings. The number of thiophene rings is 1. The molecular formula is C25H32N6O2S. The van der Waals surface area contributed by atoms with Gasteiger partial charge in [0.2, 0.25) is 5.91 Å². The van der Waals surface area contributed by atoms with Crippen LogP contribution in [0.4, 0.5) is 0 Å². The lowest BCUT2D eigenvalue weighted by molar-refractivity contribution is -0.119. The number of benzene rings is 1. The van der Waals surface area contributed by atoms with Crippen molar-refractivity contribution in [3.8, 4) is 11.1 Å². The summed E-state index contributed by atoms with van der Waals surface area (Å²) in [6.45, 7) is 14.1. The van der Waals surface area contributed by atoms with Crippen LogP contribution in [0.1, 0.15) is 66.5 Å². The van der Waals surface area contributed by atoms with Crippen LogP contribution >= 0.6 is 11.3 Å². The maximum atomic E-state index is 10.1. The number of hydrogen-bond donors (Lipinski definition) is 2. The first kappa shape index (κ1) is 26.9. The lowest BCUT2D eigenvalue weighted by atomic mass is 9.99. The molecule has 34 heavy (non-hydrogen) atoms. The number of nitrogens with zero attached hydrogens (tertiary/aromatic N) is 5. The van der Waals surface area contributed by atoms with Crippen LogP contribution in [0.15, 0.2) is 29.3 Å². The van der Waals surface area contributed by atoms with E-state index in [9.17, 15) is 4.79 Å². The maximum absolute atomic E-state index is 10.1. The molecule has 9 heteroatoms. The second-order valence-corrected chi connectivity index (χ2v) is 8.81. The van der Waals surface area contributed by atoms with Crippen LogP contribution in [0.5, 0.6) is 0 Å². The Morgan fingerprint density at radius 3 is 2.41 bits per heavy atom. The van der Waals surface area contributed by atoms with Crippen LogP contribution in [-0.4, -0.2) is 44.1 Å². The molecule has 1 atom stereocenters. The summed E-state index contributed by atoms with van der Waals surface area (Å²) in [5, 5.41) is 29.7. The zero-order chi connectivity index (χ0) is 25.4. The summed E-state index contributed by atoms with van der Waals surface area (Å²) in [5.74, 6) is 1.63. The fourth-order valence-electron chi connectivity index (χ4n) is 3.28. The van der Waals surface area contributed by atoms with Crippen LogP contribution in [0.2, 0.25) is 0 Å². The van der Waals surface area contributed by atoms with Crippen molar-refractivity contribution in [2.24, 2.45) is 4.99 Å². The van der Waals surface area contributed by atoms with Crippen molar-refractivity contribution in [3.05, 3.63) is 63.0 Å². The van der Waals surface area contributed by atoms with Crippen LogP contribution in [0.3, 0.4) is 0 Å².